The largest absolute Gasteiger partial charge is 0.494 e. The smallest absolute Gasteiger partial charge is 0.292 e. The number of hydrogen-bond donors (Lipinski definition) is 1. The lowest BCUT2D eigenvalue weighted by Gasteiger charge is -2.27. The van der Waals surface area contributed by atoms with E-state index in [1.54, 1.807) is 4.68 Å². The molecule has 1 aromatic carbocycles. The molecule has 1 fully saturated rings. The van der Waals surface area contributed by atoms with Gasteiger partial charge in [-0.25, -0.2) is 4.98 Å². The summed E-state index contributed by atoms with van der Waals surface area (Å²) in [6.07, 6.45) is 1.96. The lowest BCUT2D eigenvalue weighted by Crippen LogP contribution is -3.14. The number of pyridine rings is 1. The van der Waals surface area contributed by atoms with E-state index in [0.717, 1.165) is 43.3 Å². The maximum atomic E-state index is 5.73. The Balaban J connectivity index is 1.39. The monoisotopic (exact) mass is 399 g/mol. The molecule has 146 valence electrons. The summed E-state index contributed by atoms with van der Waals surface area (Å²) in [5, 5.41) is 4.59. The van der Waals surface area contributed by atoms with Crippen molar-refractivity contribution in [2.45, 2.75) is 13.6 Å². The van der Waals surface area contributed by atoms with Crippen LogP contribution in [0.2, 0.25) is 0 Å². The number of nitrogens with one attached hydrogen (secondary N) is 2. The van der Waals surface area contributed by atoms with Crippen LogP contribution in [0, 0.1) is 4.84 Å². The molecule has 0 bridgehead atoms. The zero-order valence-electron chi connectivity index (χ0n) is 15.9. The summed E-state index contributed by atoms with van der Waals surface area (Å²) in [4.78, 5) is 7.53. The fourth-order valence-electron chi connectivity index (χ4n) is 3.40. The van der Waals surface area contributed by atoms with Crippen molar-refractivity contribution in [1.82, 2.24) is 9.78 Å². The number of anilines is 1. The summed E-state index contributed by atoms with van der Waals surface area (Å²) < 4.78 is 13.0. The fraction of sp³-hybridized carbons (Fsp3) is 0.350. The average Bonchev–Trinajstić information content (AvgIpc) is 3.10. The van der Waals surface area contributed by atoms with Crippen molar-refractivity contribution >= 4 is 18.0 Å². The first-order valence-electron chi connectivity index (χ1n) is 9.59. The number of quaternary nitrogens is 1. The second-order valence-corrected chi connectivity index (χ2v) is 7.12. The van der Waals surface area contributed by atoms with Crippen LogP contribution in [0.1, 0.15) is 6.92 Å². The predicted octanol–water partition coefficient (Wildman–Crippen LogP) is 1.45. The van der Waals surface area contributed by atoms with Crippen molar-refractivity contribution in [3.05, 3.63) is 53.5 Å². The van der Waals surface area contributed by atoms with Gasteiger partial charge in [0.2, 0.25) is 5.89 Å². The molecule has 3 aromatic rings. The molecule has 1 aliphatic heterocycles. The Morgan fingerprint density at radius 3 is 2.64 bits per heavy atom. The molecule has 0 saturated carbocycles. The number of H-pyrrole nitrogens is 1. The highest BCUT2D eigenvalue weighted by Crippen LogP contribution is 2.21. The summed E-state index contributed by atoms with van der Waals surface area (Å²) in [5.74, 6) is 2.55. The molecule has 0 amide bonds. The van der Waals surface area contributed by atoms with Crippen LogP contribution in [-0.4, -0.2) is 42.6 Å². The topological polar surface area (TPSA) is 62.0 Å². The molecule has 0 unspecified atom stereocenters. The molecule has 0 spiro atoms. The second kappa shape index (κ2) is 8.53. The van der Waals surface area contributed by atoms with Crippen molar-refractivity contribution in [2.24, 2.45) is 0 Å². The molecule has 7 nitrogen and oxygen atoms in total. The number of hydrogen-bond acceptors (Lipinski definition) is 5. The van der Waals surface area contributed by atoms with Gasteiger partial charge in [0.1, 0.15) is 31.9 Å². The molecule has 1 aliphatic rings. The predicted molar refractivity (Wildman–Crippen MR) is 108 cm³/mol. The van der Waals surface area contributed by atoms with E-state index in [9.17, 15) is 0 Å². The summed E-state index contributed by atoms with van der Waals surface area (Å²) in [7, 11) is 0. The van der Waals surface area contributed by atoms with Gasteiger partial charge in [0.25, 0.3) is 10.7 Å². The van der Waals surface area contributed by atoms with Crippen LogP contribution in [-0.2, 0) is 6.67 Å². The normalized spacial score (nSPS) is 15.0. The fourth-order valence-corrected chi connectivity index (χ4v) is 3.58. The maximum Gasteiger partial charge on any atom is 0.292 e. The molecule has 4 rings (SSSR count). The van der Waals surface area contributed by atoms with Crippen LogP contribution >= 0.6 is 12.2 Å². The Morgan fingerprint density at radius 2 is 1.96 bits per heavy atom. The van der Waals surface area contributed by atoms with Gasteiger partial charge >= 0.3 is 0 Å². The number of ether oxygens (including phenoxy) is 1. The van der Waals surface area contributed by atoms with Crippen LogP contribution in [0.5, 0.6) is 5.75 Å². The number of benzene rings is 1. The highest BCUT2D eigenvalue weighted by atomic mass is 32.1. The number of aromatic amines is 1. The molecule has 0 aliphatic carbocycles. The Bertz CT molecular complexity index is 947. The molecule has 28 heavy (non-hydrogen) atoms. The van der Waals surface area contributed by atoms with Crippen LogP contribution in [0.3, 0.4) is 0 Å². The minimum atomic E-state index is 0.412. The summed E-state index contributed by atoms with van der Waals surface area (Å²) in [6, 6.07) is 13.9. The first kappa shape index (κ1) is 18.6. The molecule has 0 atom stereocenters. The van der Waals surface area contributed by atoms with Crippen molar-refractivity contribution in [3.8, 4) is 17.2 Å². The molecule has 1 saturated heterocycles. The highest BCUT2D eigenvalue weighted by molar-refractivity contribution is 7.71. The number of piperazine rings is 1. The van der Waals surface area contributed by atoms with E-state index < -0.39 is 0 Å². The molecular weight excluding hydrogens is 374 g/mol. The molecule has 3 heterocycles. The van der Waals surface area contributed by atoms with Gasteiger partial charge in [-0.15, -0.1) is 5.10 Å². The zero-order chi connectivity index (χ0) is 19.3. The maximum absolute atomic E-state index is 5.73. The van der Waals surface area contributed by atoms with E-state index in [1.807, 2.05) is 43.5 Å². The molecule has 2 aromatic heterocycles. The number of rotatable bonds is 6. The van der Waals surface area contributed by atoms with Crippen molar-refractivity contribution in [2.75, 3.05) is 37.7 Å². The van der Waals surface area contributed by atoms with E-state index in [1.165, 1.54) is 4.90 Å². The Kier molecular flexibility index (Phi) is 5.68. The van der Waals surface area contributed by atoms with E-state index in [2.05, 4.69) is 27.1 Å². The summed E-state index contributed by atoms with van der Waals surface area (Å²) in [6.45, 7) is 7.36. The second-order valence-electron chi connectivity index (χ2n) is 6.77. The first-order valence-corrected chi connectivity index (χ1v) is 10.00. The number of nitrogens with zero attached hydrogens (tertiary/aromatic N) is 3. The van der Waals surface area contributed by atoms with E-state index >= 15 is 0 Å². The van der Waals surface area contributed by atoms with E-state index in [-0.39, 0.29) is 0 Å². The van der Waals surface area contributed by atoms with Gasteiger partial charge in [-0.05, 0) is 49.5 Å². The van der Waals surface area contributed by atoms with Gasteiger partial charge in [-0.2, -0.15) is 4.68 Å². The van der Waals surface area contributed by atoms with Gasteiger partial charge < -0.3 is 14.1 Å². The van der Waals surface area contributed by atoms with Crippen LogP contribution in [0.25, 0.3) is 11.5 Å². The quantitative estimate of drug-likeness (QED) is 0.636. The molecule has 0 radical (unpaired) electrons. The van der Waals surface area contributed by atoms with Gasteiger partial charge in [0, 0.05) is 11.6 Å². The Hall–Kier alpha value is -2.71. The van der Waals surface area contributed by atoms with Gasteiger partial charge in [-0.3, -0.25) is 4.90 Å². The Morgan fingerprint density at radius 1 is 1.18 bits per heavy atom. The molecule has 2 N–H and O–H groups in total. The Labute approximate surface area is 169 Å². The van der Waals surface area contributed by atoms with Crippen molar-refractivity contribution < 1.29 is 19.0 Å². The summed E-state index contributed by atoms with van der Waals surface area (Å²) in [5.41, 5.74) is 0.896. The minimum Gasteiger partial charge on any atom is -0.494 e. The van der Waals surface area contributed by atoms with Crippen molar-refractivity contribution in [3.63, 3.8) is 0 Å². The average molecular weight is 400 g/mol. The first-order chi connectivity index (χ1) is 13.7. The molecular formula is C20H25N5O2S+2. The minimum absolute atomic E-state index is 0.412. The van der Waals surface area contributed by atoms with Crippen LogP contribution in [0.4, 0.5) is 5.82 Å². The van der Waals surface area contributed by atoms with Gasteiger partial charge in [0.15, 0.2) is 6.67 Å². The van der Waals surface area contributed by atoms with Gasteiger partial charge in [0.05, 0.1) is 12.8 Å². The van der Waals surface area contributed by atoms with Gasteiger partial charge in [-0.1, -0.05) is 6.07 Å². The van der Waals surface area contributed by atoms with E-state index in [4.69, 9.17) is 21.4 Å². The van der Waals surface area contributed by atoms with Crippen LogP contribution in [0.15, 0.2) is 53.1 Å². The molecule has 8 heteroatoms. The standard InChI is InChI=1S/C20H23N5O2S/c1-2-26-17-8-6-16(7-9-17)19-22-25(20(28)27-19)15-23-11-13-24(14-12-23)18-5-3-4-10-21-18/h3-10H,2,11-15H2,1H3/p+2. The summed E-state index contributed by atoms with van der Waals surface area (Å²) >= 11 is 5.39. The highest BCUT2D eigenvalue weighted by Gasteiger charge is 2.26. The van der Waals surface area contributed by atoms with E-state index in [0.29, 0.717) is 24.0 Å². The lowest BCUT2D eigenvalue weighted by atomic mass is 10.2. The third-order valence-corrected chi connectivity index (χ3v) is 5.19. The number of aromatic nitrogens is 3. The third kappa shape index (κ3) is 4.23. The SMILES string of the molecule is CCOc1ccc(-c2nn(C[NH+]3CCN(c4cccc[nH+]4)CC3)c(=S)o2)cc1. The lowest BCUT2D eigenvalue weighted by molar-refractivity contribution is -0.924. The zero-order valence-corrected chi connectivity index (χ0v) is 16.7. The van der Waals surface area contributed by atoms with Crippen molar-refractivity contribution in [1.29, 1.82) is 0 Å². The third-order valence-electron chi connectivity index (χ3n) is 4.90. The van der Waals surface area contributed by atoms with Crippen LogP contribution < -0.4 is 19.5 Å².